The fourth-order valence-corrected chi connectivity index (χ4v) is 3.91. The van der Waals surface area contributed by atoms with Gasteiger partial charge in [0.1, 0.15) is 10.8 Å². The van der Waals surface area contributed by atoms with E-state index in [1.165, 1.54) is 0 Å². The van der Waals surface area contributed by atoms with Crippen LogP contribution in [0, 0.1) is 5.41 Å². The fourth-order valence-electron chi connectivity index (χ4n) is 3.24. The molecule has 1 saturated heterocycles. The van der Waals surface area contributed by atoms with Gasteiger partial charge in [-0.1, -0.05) is 58.5 Å². The molecule has 1 aliphatic rings. The molecule has 0 radical (unpaired) electrons. The molecule has 0 spiro atoms. The molecule has 3 rings (SSSR count). The Morgan fingerprint density at radius 2 is 1.68 bits per heavy atom. The zero-order chi connectivity index (χ0) is 17.9. The van der Waals surface area contributed by atoms with Crippen molar-refractivity contribution in [2.24, 2.45) is 5.41 Å². The number of hydrogen-bond acceptors (Lipinski definition) is 2. The monoisotopic (exact) mass is 417 g/mol. The second-order valence-corrected chi connectivity index (χ2v) is 8.12. The lowest BCUT2D eigenvalue weighted by Crippen LogP contribution is -2.42. The molecule has 1 N–H and O–H groups in total. The number of benzene rings is 2. The number of piperidine rings is 1. The minimum atomic E-state index is 0.0219. The van der Waals surface area contributed by atoms with E-state index in [1.807, 2.05) is 30.3 Å². The van der Waals surface area contributed by atoms with Crippen LogP contribution >= 0.6 is 46.4 Å². The van der Waals surface area contributed by atoms with Crippen LogP contribution < -0.4 is 10.1 Å². The summed E-state index contributed by atoms with van der Waals surface area (Å²) in [7, 11) is 0. The number of halogens is 4. The van der Waals surface area contributed by atoms with Gasteiger partial charge in [0.15, 0.2) is 0 Å². The van der Waals surface area contributed by atoms with Crippen LogP contribution in [-0.2, 0) is 6.42 Å². The van der Waals surface area contributed by atoms with Crippen molar-refractivity contribution in [3.05, 3.63) is 62.1 Å². The maximum absolute atomic E-state index is 6.25. The van der Waals surface area contributed by atoms with Gasteiger partial charge in [-0.15, -0.1) is 0 Å². The zero-order valence-electron chi connectivity index (χ0n) is 13.6. The Labute approximate surface area is 168 Å². The molecule has 0 bridgehead atoms. The van der Waals surface area contributed by atoms with Gasteiger partial charge in [-0.2, -0.15) is 0 Å². The van der Waals surface area contributed by atoms with Crippen molar-refractivity contribution in [2.45, 2.75) is 19.3 Å². The first-order chi connectivity index (χ1) is 12.0. The fraction of sp³-hybridized carbons (Fsp3) is 0.368. The van der Waals surface area contributed by atoms with E-state index in [0.29, 0.717) is 32.4 Å². The SMILES string of the molecule is Clc1ccc(CC2(COc3cccc(Cl)c3Cl)CCNCC2)cc1Cl. The average Bonchev–Trinajstić information content (AvgIpc) is 2.60. The van der Waals surface area contributed by atoms with E-state index in [2.05, 4.69) is 5.32 Å². The summed E-state index contributed by atoms with van der Waals surface area (Å²) in [4.78, 5) is 0. The Morgan fingerprint density at radius 3 is 2.40 bits per heavy atom. The Bertz CT molecular complexity index is 744. The molecule has 0 saturated carbocycles. The third-order valence-electron chi connectivity index (χ3n) is 4.68. The smallest absolute Gasteiger partial charge is 0.139 e. The van der Waals surface area contributed by atoms with Crippen LogP contribution in [0.2, 0.25) is 20.1 Å². The second-order valence-electron chi connectivity index (χ2n) is 6.52. The topological polar surface area (TPSA) is 21.3 Å². The Hall–Kier alpha value is -0.640. The molecule has 0 unspecified atom stereocenters. The van der Waals surface area contributed by atoms with Crippen LogP contribution in [0.25, 0.3) is 0 Å². The van der Waals surface area contributed by atoms with Crippen molar-refractivity contribution in [1.82, 2.24) is 5.32 Å². The molecule has 0 aliphatic carbocycles. The van der Waals surface area contributed by atoms with Gasteiger partial charge in [-0.05, 0) is 62.2 Å². The Morgan fingerprint density at radius 1 is 0.920 bits per heavy atom. The van der Waals surface area contributed by atoms with Crippen molar-refractivity contribution in [3.63, 3.8) is 0 Å². The van der Waals surface area contributed by atoms with Crippen LogP contribution in [0.1, 0.15) is 18.4 Å². The second kappa shape index (κ2) is 8.37. The van der Waals surface area contributed by atoms with E-state index >= 15 is 0 Å². The summed E-state index contributed by atoms with van der Waals surface area (Å²) < 4.78 is 6.08. The highest BCUT2D eigenvalue weighted by Gasteiger charge is 2.33. The lowest BCUT2D eigenvalue weighted by Gasteiger charge is -2.37. The lowest BCUT2D eigenvalue weighted by molar-refractivity contribution is 0.104. The van der Waals surface area contributed by atoms with Gasteiger partial charge in [0, 0.05) is 5.41 Å². The highest BCUT2D eigenvalue weighted by Crippen LogP contribution is 2.37. The van der Waals surface area contributed by atoms with Crippen molar-refractivity contribution in [3.8, 4) is 5.75 Å². The number of ether oxygens (including phenoxy) is 1. The van der Waals surface area contributed by atoms with Gasteiger partial charge in [-0.3, -0.25) is 0 Å². The average molecular weight is 419 g/mol. The molecule has 0 atom stereocenters. The van der Waals surface area contributed by atoms with E-state index in [-0.39, 0.29) is 5.41 Å². The molecule has 1 heterocycles. The summed E-state index contributed by atoms with van der Waals surface area (Å²) >= 11 is 24.6. The van der Waals surface area contributed by atoms with Crippen molar-refractivity contribution in [1.29, 1.82) is 0 Å². The normalized spacial score (nSPS) is 16.6. The summed E-state index contributed by atoms with van der Waals surface area (Å²) in [5.74, 6) is 0.626. The molecule has 2 nitrogen and oxygen atoms in total. The van der Waals surface area contributed by atoms with Crippen LogP contribution in [0.3, 0.4) is 0 Å². The maximum Gasteiger partial charge on any atom is 0.139 e. The quantitative estimate of drug-likeness (QED) is 0.615. The van der Waals surface area contributed by atoms with Crippen molar-refractivity contribution < 1.29 is 4.74 Å². The number of rotatable bonds is 5. The summed E-state index contributed by atoms with van der Waals surface area (Å²) in [5.41, 5.74) is 1.19. The van der Waals surface area contributed by atoms with Gasteiger partial charge in [0.25, 0.3) is 0 Å². The van der Waals surface area contributed by atoms with E-state index in [9.17, 15) is 0 Å². The molecule has 2 aromatic carbocycles. The molecule has 0 aromatic heterocycles. The van der Waals surface area contributed by atoms with Gasteiger partial charge in [-0.25, -0.2) is 0 Å². The standard InChI is InChI=1S/C19H19Cl4NO/c20-14-5-4-13(10-16(14)22)11-19(6-8-24-9-7-19)12-25-17-3-1-2-15(21)18(17)23/h1-5,10,24H,6-9,11-12H2. The van der Waals surface area contributed by atoms with Gasteiger partial charge in [0.2, 0.25) is 0 Å². The molecule has 25 heavy (non-hydrogen) atoms. The van der Waals surface area contributed by atoms with Crippen LogP contribution in [0.5, 0.6) is 5.75 Å². The highest BCUT2D eigenvalue weighted by atomic mass is 35.5. The molecule has 134 valence electrons. The largest absolute Gasteiger partial charge is 0.491 e. The molecular formula is C19H19Cl4NO. The van der Waals surface area contributed by atoms with E-state index in [4.69, 9.17) is 51.1 Å². The molecule has 2 aromatic rings. The predicted molar refractivity (Wildman–Crippen MR) is 107 cm³/mol. The van der Waals surface area contributed by atoms with E-state index in [0.717, 1.165) is 37.9 Å². The van der Waals surface area contributed by atoms with Crippen molar-refractivity contribution in [2.75, 3.05) is 19.7 Å². The molecule has 6 heteroatoms. The van der Waals surface area contributed by atoms with Crippen LogP contribution in [0.4, 0.5) is 0 Å². The summed E-state index contributed by atoms with van der Waals surface area (Å²) in [6.07, 6.45) is 2.92. The highest BCUT2D eigenvalue weighted by molar-refractivity contribution is 6.43. The van der Waals surface area contributed by atoms with Gasteiger partial charge < -0.3 is 10.1 Å². The lowest BCUT2D eigenvalue weighted by atomic mass is 9.75. The molecule has 1 fully saturated rings. The first-order valence-electron chi connectivity index (χ1n) is 8.21. The van der Waals surface area contributed by atoms with E-state index in [1.54, 1.807) is 6.07 Å². The molecular weight excluding hydrogens is 400 g/mol. The predicted octanol–water partition coefficient (Wildman–Crippen LogP) is 6.29. The Kier molecular flexibility index (Phi) is 6.40. The van der Waals surface area contributed by atoms with Gasteiger partial charge >= 0.3 is 0 Å². The van der Waals surface area contributed by atoms with E-state index < -0.39 is 0 Å². The Balaban J connectivity index is 1.78. The third kappa shape index (κ3) is 4.75. The molecule has 0 amide bonds. The maximum atomic E-state index is 6.25. The first-order valence-corrected chi connectivity index (χ1v) is 9.72. The number of nitrogens with one attached hydrogen (secondary N) is 1. The number of hydrogen-bond donors (Lipinski definition) is 1. The van der Waals surface area contributed by atoms with Gasteiger partial charge in [0.05, 0.1) is 21.7 Å². The first kappa shape index (κ1) is 19.1. The van der Waals surface area contributed by atoms with Crippen LogP contribution in [0.15, 0.2) is 36.4 Å². The summed E-state index contributed by atoms with van der Waals surface area (Å²) in [5, 5.41) is 5.54. The summed E-state index contributed by atoms with van der Waals surface area (Å²) in [6, 6.07) is 11.3. The third-order valence-corrected chi connectivity index (χ3v) is 6.22. The minimum Gasteiger partial charge on any atom is -0.491 e. The summed E-state index contributed by atoms with van der Waals surface area (Å²) in [6.45, 7) is 2.51. The van der Waals surface area contributed by atoms with Crippen LogP contribution in [-0.4, -0.2) is 19.7 Å². The minimum absolute atomic E-state index is 0.0219. The van der Waals surface area contributed by atoms with Crippen molar-refractivity contribution >= 4 is 46.4 Å². The molecule has 1 aliphatic heterocycles. The zero-order valence-corrected chi connectivity index (χ0v) is 16.7.